The number of nitrogens with zero attached hydrogens (tertiary/aromatic N) is 5. The highest BCUT2D eigenvalue weighted by Gasteiger charge is 2.31. The molecule has 1 aliphatic heterocycles. The van der Waals surface area contributed by atoms with Gasteiger partial charge in [0.15, 0.2) is 5.58 Å². The van der Waals surface area contributed by atoms with Gasteiger partial charge in [0.05, 0.1) is 18.3 Å². The average Bonchev–Trinajstić information content (AvgIpc) is 3.34. The molecule has 8 nitrogen and oxygen atoms in total. The quantitative estimate of drug-likeness (QED) is 0.505. The van der Waals surface area contributed by atoms with Crippen LogP contribution < -0.4 is 0 Å². The summed E-state index contributed by atoms with van der Waals surface area (Å²) >= 11 is 1.02. The molecular weight excluding hydrogens is 398 g/mol. The number of piperazine rings is 1. The summed E-state index contributed by atoms with van der Waals surface area (Å²) in [5, 5.41) is 0. The third kappa shape index (κ3) is 3.08. The lowest BCUT2D eigenvalue weighted by Crippen LogP contribution is -2.48. The molecule has 0 N–H and O–H groups in total. The second-order valence-corrected chi connectivity index (χ2v) is 9.08. The number of hydrogen-bond acceptors (Lipinski definition) is 8. The summed E-state index contributed by atoms with van der Waals surface area (Å²) < 4.78 is 41.8. The molecule has 3 heterocycles. The van der Waals surface area contributed by atoms with E-state index < -0.39 is 10.0 Å². The van der Waals surface area contributed by atoms with Crippen LogP contribution in [0.4, 0.5) is 0 Å². The zero-order chi connectivity index (χ0) is 19.1. The van der Waals surface area contributed by atoms with Gasteiger partial charge in [0.25, 0.3) is 0 Å². The molecule has 144 valence electrons. The summed E-state index contributed by atoms with van der Waals surface area (Å²) in [5.41, 5.74) is 2.66. The minimum absolute atomic E-state index is 0.228. The van der Waals surface area contributed by atoms with Gasteiger partial charge in [-0.1, -0.05) is 18.2 Å². The van der Waals surface area contributed by atoms with Crippen molar-refractivity contribution in [1.29, 1.82) is 0 Å². The Morgan fingerprint density at radius 1 is 0.964 bits per heavy atom. The molecule has 1 saturated heterocycles. The smallest absolute Gasteiger partial charge is 0.245 e. The minimum Gasteiger partial charge on any atom is -0.439 e. The maximum Gasteiger partial charge on any atom is 0.245 e. The number of hydrogen-bond donors (Lipinski definition) is 0. The van der Waals surface area contributed by atoms with Gasteiger partial charge in [0.1, 0.15) is 21.4 Å². The number of benzene rings is 2. The lowest BCUT2D eigenvalue weighted by molar-refractivity contribution is 0.169. The minimum atomic E-state index is -3.60. The molecule has 1 aliphatic rings. The highest BCUT2D eigenvalue weighted by atomic mass is 32.2. The first-order chi connectivity index (χ1) is 13.6. The van der Waals surface area contributed by atoms with Gasteiger partial charge in [-0.3, -0.25) is 4.90 Å². The Balaban J connectivity index is 1.30. The molecule has 1 fully saturated rings. The SMILES string of the molecule is O=S(=O)(c1cccc2nsnc12)N1CCN(Cc2nc3ccccc3o2)CC1. The topological polar surface area (TPSA) is 92.4 Å². The second kappa shape index (κ2) is 6.89. The van der Waals surface area contributed by atoms with E-state index in [0.29, 0.717) is 49.6 Å². The van der Waals surface area contributed by atoms with Crippen LogP contribution in [0.5, 0.6) is 0 Å². The lowest BCUT2D eigenvalue weighted by Gasteiger charge is -2.33. The fourth-order valence-corrected chi connectivity index (χ4v) is 5.61. The van der Waals surface area contributed by atoms with Crippen molar-refractivity contribution >= 4 is 43.9 Å². The Kier molecular flexibility index (Phi) is 4.35. The van der Waals surface area contributed by atoms with E-state index in [9.17, 15) is 8.42 Å². The maximum absolute atomic E-state index is 13.1. The van der Waals surface area contributed by atoms with Crippen LogP contribution in [-0.2, 0) is 16.6 Å². The first-order valence-corrected chi connectivity index (χ1v) is 11.1. The third-order valence-corrected chi connectivity index (χ3v) is 7.37. The van der Waals surface area contributed by atoms with Gasteiger partial charge < -0.3 is 4.42 Å². The number of aromatic nitrogens is 3. The Hall–Kier alpha value is -2.40. The van der Waals surface area contributed by atoms with Crippen molar-refractivity contribution in [3.8, 4) is 0 Å². The van der Waals surface area contributed by atoms with Crippen LogP contribution in [0.25, 0.3) is 22.1 Å². The predicted octanol–water partition coefficient (Wildman–Crippen LogP) is 2.34. The van der Waals surface area contributed by atoms with Gasteiger partial charge in [0.2, 0.25) is 15.9 Å². The van der Waals surface area contributed by atoms with Crippen molar-refractivity contribution < 1.29 is 12.8 Å². The summed E-state index contributed by atoms with van der Waals surface area (Å²) in [7, 11) is -3.60. The lowest BCUT2D eigenvalue weighted by atomic mass is 10.3. The summed E-state index contributed by atoms with van der Waals surface area (Å²) in [4.78, 5) is 6.88. The Labute approximate surface area is 165 Å². The van der Waals surface area contributed by atoms with Crippen molar-refractivity contribution in [2.45, 2.75) is 11.4 Å². The van der Waals surface area contributed by atoms with Crippen molar-refractivity contribution in [3.05, 3.63) is 48.4 Å². The van der Waals surface area contributed by atoms with E-state index in [1.807, 2.05) is 24.3 Å². The van der Waals surface area contributed by atoms with E-state index in [4.69, 9.17) is 4.42 Å². The standard InChI is InChI=1S/C18H17N5O3S2/c24-28(25,16-7-3-5-14-18(16)21-27-20-14)23-10-8-22(9-11-23)12-17-19-13-4-1-2-6-15(13)26-17/h1-7H,8-12H2. The van der Waals surface area contributed by atoms with Crippen molar-refractivity contribution in [3.63, 3.8) is 0 Å². The number of oxazole rings is 1. The summed E-state index contributed by atoms with van der Waals surface area (Å²) in [6.45, 7) is 2.62. The largest absolute Gasteiger partial charge is 0.439 e. The zero-order valence-corrected chi connectivity index (χ0v) is 16.5. The first kappa shape index (κ1) is 17.7. The maximum atomic E-state index is 13.1. The molecule has 0 unspecified atom stereocenters. The normalized spacial score (nSPS) is 16.9. The number of fused-ring (bicyclic) bond motifs is 2. The monoisotopic (exact) mass is 415 g/mol. The number of sulfonamides is 1. The number of rotatable bonds is 4. The summed E-state index contributed by atoms with van der Waals surface area (Å²) in [6.07, 6.45) is 0. The Bertz CT molecular complexity index is 1210. The van der Waals surface area contributed by atoms with E-state index >= 15 is 0 Å². The molecule has 0 atom stereocenters. The van der Waals surface area contributed by atoms with Crippen LogP contribution in [0, 0.1) is 0 Å². The van der Waals surface area contributed by atoms with Crippen LogP contribution in [0.2, 0.25) is 0 Å². The van der Waals surface area contributed by atoms with Gasteiger partial charge in [-0.05, 0) is 24.3 Å². The van der Waals surface area contributed by atoms with Gasteiger partial charge >= 0.3 is 0 Å². The van der Waals surface area contributed by atoms with Crippen molar-refractivity contribution in [2.24, 2.45) is 0 Å². The second-order valence-electron chi connectivity index (χ2n) is 6.64. The van der Waals surface area contributed by atoms with Gasteiger partial charge in [-0.15, -0.1) is 0 Å². The first-order valence-electron chi connectivity index (χ1n) is 8.89. The highest BCUT2D eigenvalue weighted by molar-refractivity contribution is 7.89. The predicted molar refractivity (Wildman–Crippen MR) is 105 cm³/mol. The Morgan fingerprint density at radius 3 is 2.57 bits per heavy atom. The van der Waals surface area contributed by atoms with Crippen LogP contribution in [0.3, 0.4) is 0 Å². The van der Waals surface area contributed by atoms with Crippen LogP contribution in [0.15, 0.2) is 51.8 Å². The molecule has 2 aromatic carbocycles. The van der Waals surface area contributed by atoms with Gasteiger partial charge in [-0.25, -0.2) is 13.4 Å². The van der Waals surface area contributed by atoms with Gasteiger partial charge in [0, 0.05) is 26.2 Å². The third-order valence-electron chi connectivity index (χ3n) is 4.90. The molecule has 2 aromatic heterocycles. The van der Waals surface area contributed by atoms with E-state index in [1.54, 1.807) is 18.2 Å². The van der Waals surface area contributed by atoms with E-state index in [1.165, 1.54) is 4.31 Å². The molecule has 0 saturated carbocycles. The highest BCUT2D eigenvalue weighted by Crippen LogP contribution is 2.25. The number of para-hydroxylation sites is 2. The van der Waals surface area contributed by atoms with E-state index in [-0.39, 0.29) is 4.90 Å². The molecule has 0 amide bonds. The molecule has 28 heavy (non-hydrogen) atoms. The van der Waals surface area contributed by atoms with Crippen LogP contribution in [0.1, 0.15) is 5.89 Å². The van der Waals surface area contributed by atoms with Gasteiger partial charge in [-0.2, -0.15) is 13.1 Å². The van der Waals surface area contributed by atoms with E-state index in [0.717, 1.165) is 22.8 Å². The molecule has 4 aromatic rings. The molecule has 5 rings (SSSR count). The average molecular weight is 416 g/mol. The molecular formula is C18H17N5O3S2. The molecule has 10 heteroatoms. The molecule has 0 spiro atoms. The molecule has 0 bridgehead atoms. The summed E-state index contributed by atoms with van der Waals surface area (Å²) in [5.74, 6) is 0.649. The zero-order valence-electron chi connectivity index (χ0n) is 14.9. The van der Waals surface area contributed by atoms with Crippen molar-refractivity contribution in [1.82, 2.24) is 22.9 Å². The van der Waals surface area contributed by atoms with E-state index in [2.05, 4.69) is 18.6 Å². The fraction of sp³-hybridized carbons (Fsp3) is 0.278. The van der Waals surface area contributed by atoms with Crippen LogP contribution >= 0.6 is 11.7 Å². The van der Waals surface area contributed by atoms with Crippen LogP contribution in [-0.4, -0.2) is 57.5 Å². The van der Waals surface area contributed by atoms with Crippen molar-refractivity contribution in [2.75, 3.05) is 26.2 Å². The fourth-order valence-electron chi connectivity index (χ4n) is 3.44. The summed E-state index contributed by atoms with van der Waals surface area (Å²) in [6, 6.07) is 12.7. The molecule has 0 radical (unpaired) electrons. The molecule has 0 aliphatic carbocycles. The Morgan fingerprint density at radius 2 is 1.75 bits per heavy atom.